The number of nitrogens with one attached hydrogen (secondary N) is 1. The van der Waals surface area contributed by atoms with E-state index in [9.17, 15) is 9.59 Å². The van der Waals surface area contributed by atoms with E-state index in [1.807, 2.05) is 50.7 Å². The van der Waals surface area contributed by atoms with Crippen molar-refractivity contribution in [1.29, 1.82) is 0 Å². The lowest BCUT2D eigenvalue weighted by molar-refractivity contribution is -0.141. The number of hydrogen-bond acceptors (Lipinski definition) is 11. The number of rotatable bonds is 6. The predicted molar refractivity (Wildman–Crippen MR) is 190 cm³/mol. The normalized spacial score (nSPS) is 24.6. The van der Waals surface area contributed by atoms with Gasteiger partial charge in [-0.15, -0.1) is 5.10 Å². The number of alkyl carbamates (subject to hydrolysis) is 1. The number of carbonyl (C=O) groups is 2. The summed E-state index contributed by atoms with van der Waals surface area (Å²) in [4.78, 5) is 43.4. The van der Waals surface area contributed by atoms with Crippen molar-refractivity contribution in [2.24, 2.45) is 5.41 Å². The molecule has 1 aromatic carbocycles. The van der Waals surface area contributed by atoms with Crippen molar-refractivity contribution in [2.75, 3.05) is 49.8 Å². The number of nitrogens with zero attached hydrogens (tertiary/aromatic N) is 7. The molecule has 0 radical (unpaired) electrons. The van der Waals surface area contributed by atoms with Gasteiger partial charge < -0.3 is 34.1 Å². The molecule has 14 nitrogen and oxygen atoms in total. The molecule has 7 rings (SSSR count). The van der Waals surface area contributed by atoms with E-state index in [0.717, 1.165) is 62.3 Å². The van der Waals surface area contributed by atoms with Gasteiger partial charge in [0.15, 0.2) is 28.9 Å². The number of carbonyl (C=O) groups excluding carboxylic acids is 2. The number of esters is 1. The lowest BCUT2D eigenvalue weighted by Gasteiger charge is -2.42. The Labute approximate surface area is 298 Å². The Hall–Kier alpha value is -4.48. The van der Waals surface area contributed by atoms with E-state index < -0.39 is 11.7 Å². The van der Waals surface area contributed by atoms with Crippen molar-refractivity contribution in [2.45, 2.75) is 103 Å². The van der Waals surface area contributed by atoms with Crippen LogP contribution in [0.15, 0.2) is 24.4 Å². The molecule has 3 saturated heterocycles. The van der Waals surface area contributed by atoms with Crippen LogP contribution in [0.3, 0.4) is 0 Å². The molecule has 1 N–H and O–H groups in total. The highest BCUT2D eigenvalue weighted by Gasteiger charge is 2.50. The summed E-state index contributed by atoms with van der Waals surface area (Å²) in [6.07, 6.45) is 6.45. The van der Waals surface area contributed by atoms with Gasteiger partial charge >= 0.3 is 12.1 Å². The van der Waals surface area contributed by atoms with Gasteiger partial charge in [-0.1, -0.05) is 12.1 Å². The molecular formula is C37H48N8O6. The van der Waals surface area contributed by atoms with Gasteiger partial charge in [0.2, 0.25) is 0 Å². The van der Waals surface area contributed by atoms with E-state index in [0.29, 0.717) is 48.8 Å². The van der Waals surface area contributed by atoms with Gasteiger partial charge in [0, 0.05) is 37.3 Å². The fraction of sp³-hybridized carbons (Fsp3) is 0.622. The maximum absolute atomic E-state index is 12.8. The zero-order chi connectivity index (χ0) is 35.9. The number of aromatic nitrogens is 4. The molecule has 51 heavy (non-hydrogen) atoms. The van der Waals surface area contributed by atoms with E-state index in [4.69, 9.17) is 40.6 Å². The molecule has 3 aromatic rings. The molecular weight excluding hydrogens is 652 g/mol. The molecule has 4 atom stereocenters. The lowest BCUT2D eigenvalue weighted by atomic mass is 9.73. The fourth-order valence-electron chi connectivity index (χ4n) is 8.12. The molecule has 14 heteroatoms. The Kier molecular flexibility index (Phi) is 9.54. The monoisotopic (exact) mass is 700 g/mol. The van der Waals surface area contributed by atoms with Crippen LogP contribution in [0, 0.1) is 12.0 Å². The van der Waals surface area contributed by atoms with Crippen LogP contribution in [-0.4, -0.2) is 89.5 Å². The summed E-state index contributed by atoms with van der Waals surface area (Å²) in [6, 6.07) is 5.47. The second-order valence-corrected chi connectivity index (χ2v) is 15.3. The number of methoxy groups -OCH3 is 1. The van der Waals surface area contributed by atoms with Gasteiger partial charge in [-0.05, 0) is 83.8 Å². The van der Waals surface area contributed by atoms with E-state index in [2.05, 4.69) is 20.0 Å². The van der Waals surface area contributed by atoms with Crippen molar-refractivity contribution in [3.05, 3.63) is 41.4 Å². The summed E-state index contributed by atoms with van der Waals surface area (Å²) in [7, 11) is 1.40. The van der Waals surface area contributed by atoms with Crippen LogP contribution in [0.5, 0.6) is 0 Å². The number of fused-ring (bicyclic) bond motifs is 2. The van der Waals surface area contributed by atoms with Gasteiger partial charge in [0.1, 0.15) is 11.4 Å². The first kappa shape index (κ1) is 34.9. The molecule has 0 aliphatic carbocycles. The SMILES string of the molecule is [C-]#[N+]c1ccc2c(c1)C(CC(=O)OC)CCN2c1nn(C2CCCCO2)c2nc(N3CCC4(CC3)CO[C@@H](C)[C@H]4NC(=O)OC(C)(C)C)cnc12. The van der Waals surface area contributed by atoms with Crippen molar-refractivity contribution in [3.8, 4) is 0 Å². The maximum atomic E-state index is 12.8. The zero-order valence-corrected chi connectivity index (χ0v) is 30.2. The summed E-state index contributed by atoms with van der Waals surface area (Å²) in [5, 5.41) is 8.28. The second kappa shape index (κ2) is 13.9. The number of piperidine rings is 1. The number of ether oxygens (including phenoxy) is 4. The first-order valence-electron chi connectivity index (χ1n) is 18.1. The van der Waals surface area contributed by atoms with E-state index in [1.54, 1.807) is 6.07 Å². The van der Waals surface area contributed by atoms with Crippen LogP contribution in [0.25, 0.3) is 16.0 Å². The minimum Gasteiger partial charge on any atom is -0.469 e. The Morgan fingerprint density at radius 1 is 1.14 bits per heavy atom. The number of hydrogen-bond donors (Lipinski definition) is 1. The Bertz CT molecular complexity index is 1820. The van der Waals surface area contributed by atoms with E-state index in [1.165, 1.54) is 7.11 Å². The first-order chi connectivity index (χ1) is 24.5. The van der Waals surface area contributed by atoms with Crippen LogP contribution in [-0.2, 0) is 23.7 Å². The summed E-state index contributed by atoms with van der Waals surface area (Å²) < 4.78 is 24.8. The van der Waals surface area contributed by atoms with Gasteiger partial charge in [-0.2, -0.15) is 0 Å². The Balaban J connectivity index is 1.18. The number of anilines is 3. The highest BCUT2D eigenvalue weighted by atomic mass is 16.6. The quantitative estimate of drug-likeness (QED) is 0.234. The van der Waals surface area contributed by atoms with Gasteiger partial charge in [-0.25, -0.2) is 24.3 Å². The summed E-state index contributed by atoms with van der Waals surface area (Å²) in [5.41, 5.74) is 2.90. The number of amides is 1. The third kappa shape index (κ3) is 6.93. The highest BCUT2D eigenvalue weighted by molar-refractivity contribution is 5.89. The van der Waals surface area contributed by atoms with Gasteiger partial charge in [0.05, 0.1) is 45.1 Å². The Morgan fingerprint density at radius 3 is 2.65 bits per heavy atom. The largest absolute Gasteiger partial charge is 0.469 e. The summed E-state index contributed by atoms with van der Waals surface area (Å²) in [5.74, 6) is 1.09. The molecule has 3 fully saturated rings. The Morgan fingerprint density at radius 2 is 1.94 bits per heavy atom. The zero-order valence-electron chi connectivity index (χ0n) is 30.2. The number of benzene rings is 1. The van der Waals surface area contributed by atoms with Crippen LogP contribution in [0.4, 0.5) is 27.8 Å². The molecule has 2 unspecified atom stereocenters. The molecule has 6 heterocycles. The molecule has 1 amide bonds. The molecule has 4 aliphatic heterocycles. The standard InChI is InChI=1S/C37H48N8O6/c1-23-32(41-35(47)51-36(2,3)4)37(22-50-23)13-16-43(17-14-37)28-21-39-31-33(40-28)45(29-9-7-8-18-49-29)42-34(31)44-15-12-24(19-30(46)48-6)26-20-25(38-5)10-11-27(26)44/h10-11,20-21,23-24,29,32H,7-9,12-19,22H2,1-4,6H3,(H,41,47)/t23-,24?,29?,32+/m0/s1. The lowest BCUT2D eigenvalue weighted by Crippen LogP contribution is -2.55. The van der Waals surface area contributed by atoms with E-state index >= 15 is 0 Å². The smallest absolute Gasteiger partial charge is 0.407 e. The minimum absolute atomic E-state index is 0.0762. The summed E-state index contributed by atoms with van der Waals surface area (Å²) in [6.45, 7) is 18.5. The third-order valence-electron chi connectivity index (χ3n) is 10.8. The van der Waals surface area contributed by atoms with Crippen molar-refractivity contribution in [3.63, 3.8) is 0 Å². The second-order valence-electron chi connectivity index (χ2n) is 15.3. The molecule has 0 bridgehead atoms. The minimum atomic E-state index is -0.581. The van der Waals surface area contributed by atoms with Crippen molar-refractivity contribution >= 4 is 46.2 Å². The maximum Gasteiger partial charge on any atom is 0.407 e. The topological polar surface area (TPSA) is 138 Å². The van der Waals surface area contributed by atoms with Crippen molar-refractivity contribution in [1.82, 2.24) is 25.1 Å². The molecule has 1 spiro atoms. The van der Waals surface area contributed by atoms with Gasteiger partial charge in [-0.3, -0.25) is 4.79 Å². The highest BCUT2D eigenvalue weighted by Crippen LogP contribution is 2.46. The van der Waals surface area contributed by atoms with Crippen LogP contribution in [0.1, 0.15) is 90.3 Å². The summed E-state index contributed by atoms with van der Waals surface area (Å²) >= 11 is 0. The van der Waals surface area contributed by atoms with E-state index in [-0.39, 0.29) is 42.1 Å². The molecule has 0 saturated carbocycles. The average Bonchev–Trinajstić information content (AvgIpc) is 3.64. The predicted octanol–water partition coefficient (Wildman–Crippen LogP) is 6.16. The van der Waals surface area contributed by atoms with Crippen LogP contribution < -0.4 is 15.1 Å². The molecule has 272 valence electrons. The molecule has 4 aliphatic rings. The average molecular weight is 701 g/mol. The molecule has 2 aromatic heterocycles. The van der Waals surface area contributed by atoms with Crippen LogP contribution in [0.2, 0.25) is 0 Å². The van der Waals surface area contributed by atoms with Crippen molar-refractivity contribution < 1.29 is 28.5 Å². The fourth-order valence-corrected chi connectivity index (χ4v) is 8.12. The first-order valence-corrected chi connectivity index (χ1v) is 18.1. The third-order valence-corrected chi connectivity index (χ3v) is 10.8. The van der Waals surface area contributed by atoms with Crippen LogP contribution >= 0.6 is 0 Å². The van der Waals surface area contributed by atoms with Gasteiger partial charge in [0.25, 0.3) is 0 Å².